The van der Waals surface area contributed by atoms with Crippen molar-refractivity contribution >= 4 is 0 Å². The highest BCUT2D eigenvalue weighted by molar-refractivity contribution is 5.24. The second-order valence-electron chi connectivity index (χ2n) is 6.39. The summed E-state index contributed by atoms with van der Waals surface area (Å²) in [6, 6.07) is 9.06. The third-order valence-corrected chi connectivity index (χ3v) is 4.79. The van der Waals surface area contributed by atoms with Gasteiger partial charge in [-0.15, -0.1) is 0 Å². The van der Waals surface area contributed by atoms with E-state index < -0.39 is 0 Å². The Morgan fingerprint density at radius 1 is 1.16 bits per heavy atom. The Morgan fingerprint density at radius 2 is 1.74 bits per heavy atom. The zero-order valence-electron chi connectivity index (χ0n) is 12.7. The molecule has 0 heterocycles. The largest absolute Gasteiger partial charge is 0.329 e. The van der Waals surface area contributed by atoms with E-state index in [1.165, 1.54) is 36.8 Å². The lowest BCUT2D eigenvalue weighted by Crippen LogP contribution is -2.49. The van der Waals surface area contributed by atoms with Gasteiger partial charge >= 0.3 is 0 Å². The Hall–Kier alpha value is -0.860. The number of likely N-dealkylation sites (N-methyl/N-ethyl adjacent to an activating group) is 1. The van der Waals surface area contributed by atoms with Crippen molar-refractivity contribution in [1.29, 1.82) is 0 Å². The number of nitrogens with zero attached hydrogens (tertiary/aromatic N) is 1. The van der Waals surface area contributed by atoms with Crippen molar-refractivity contribution in [3.8, 4) is 0 Å². The van der Waals surface area contributed by atoms with Crippen molar-refractivity contribution in [2.24, 2.45) is 5.73 Å². The molecule has 2 rings (SSSR count). The summed E-state index contributed by atoms with van der Waals surface area (Å²) in [5, 5.41) is 0. The average molecular weight is 260 g/mol. The maximum Gasteiger partial charge on any atom is 0.0332 e. The minimum absolute atomic E-state index is 0.247. The molecule has 1 aliphatic rings. The fourth-order valence-corrected chi connectivity index (χ4v) is 3.22. The molecule has 0 saturated heterocycles. The van der Waals surface area contributed by atoms with Crippen LogP contribution >= 0.6 is 0 Å². The molecule has 0 aromatic heterocycles. The second kappa shape index (κ2) is 6.06. The lowest BCUT2D eigenvalue weighted by Gasteiger charge is -2.38. The third kappa shape index (κ3) is 3.18. The molecular formula is C17H28N2. The smallest absolute Gasteiger partial charge is 0.0332 e. The molecule has 1 aliphatic carbocycles. The molecule has 0 radical (unpaired) electrons. The third-order valence-electron chi connectivity index (χ3n) is 4.79. The van der Waals surface area contributed by atoms with Gasteiger partial charge in [0, 0.05) is 18.6 Å². The zero-order chi connectivity index (χ0) is 13.9. The fourth-order valence-electron chi connectivity index (χ4n) is 3.22. The molecule has 1 aromatic rings. The second-order valence-corrected chi connectivity index (χ2v) is 6.39. The molecule has 19 heavy (non-hydrogen) atoms. The predicted octanol–water partition coefficient (Wildman–Crippen LogP) is 3.51. The summed E-state index contributed by atoms with van der Waals surface area (Å²) in [7, 11) is 2.23. The molecule has 2 nitrogen and oxygen atoms in total. The van der Waals surface area contributed by atoms with E-state index in [1.807, 2.05) is 0 Å². The maximum atomic E-state index is 6.05. The van der Waals surface area contributed by atoms with Crippen LogP contribution in [-0.4, -0.2) is 24.0 Å². The van der Waals surface area contributed by atoms with Crippen LogP contribution in [-0.2, 0) is 6.54 Å². The van der Waals surface area contributed by atoms with Gasteiger partial charge in [-0.1, -0.05) is 51.0 Å². The van der Waals surface area contributed by atoms with E-state index in [1.54, 1.807) is 0 Å². The number of rotatable bonds is 5. The van der Waals surface area contributed by atoms with Gasteiger partial charge in [0.2, 0.25) is 0 Å². The minimum Gasteiger partial charge on any atom is -0.329 e. The first-order valence-electron chi connectivity index (χ1n) is 7.57. The molecule has 2 heteroatoms. The molecule has 106 valence electrons. The van der Waals surface area contributed by atoms with Crippen LogP contribution in [0.25, 0.3) is 0 Å². The minimum atomic E-state index is 0.247. The zero-order valence-corrected chi connectivity index (χ0v) is 12.7. The van der Waals surface area contributed by atoms with E-state index in [0.29, 0.717) is 5.92 Å². The van der Waals surface area contributed by atoms with E-state index in [9.17, 15) is 0 Å². The van der Waals surface area contributed by atoms with Gasteiger partial charge in [0.05, 0.1) is 0 Å². The molecule has 1 aromatic carbocycles. The Labute approximate surface area is 118 Å². The maximum absolute atomic E-state index is 6.05. The van der Waals surface area contributed by atoms with Crippen molar-refractivity contribution in [3.63, 3.8) is 0 Å². The number of hydrogen-bond acceptors (Lipinski definition) is 2. The van der Waals surface area contributed by atoms with Crippen molar-refractivity contribution in [3.05, 3.63) is 35.4 Å². The topological polar surface area (TPSA) is 29.3 Å². The average Bonchev–Trinajstić information content (AvgIpc) is 2.89. The summed E-state index contributed by atoms with van der Waals surface area (Å²) in [6.07, 6.45) is 5.16. The first-order chi connectivity index (χ1) is 9.07. The summed E-state index contributed by atoms with van der Waals surface area (Å²) in [6.45, 7) is 6.27. The summed E-state index contributed by atoms with van der Waals surface area (Å²) in [5.41, 5.74) is 9.10. The van der Waals surface area contributed by atoms with Crippen molar-refractivity contribution in [1.82, 2.24) is 4.90 Å². The Morgan fingerprint density at radius 3 is 2.21 bits per heavy atom. The van der Waals surface area contributed by atoms with Gasteiger partial charge in [-0.3, -0.25) is 4.90 Å². The van der Waals surface area contributed by atoms with Crippen LogP contribution in [0.1, 0.15) is 56.6 Å². The molecule has 0 amide bonds. The number of benzene rings is 1. The van der Waals surface area contributed by atoms with Gasteiger partial charge in [0.1, 0.15) is 0 Å². The van der Waals surface area contributed by atoms with Crippen LogP contribution in [0.4, 0.5) is 0 Å². The van der Waals surface area contributed by atoms with Crippen molar-refractivity contribution in [2.75, 3.05) is 13.6 Å². The monoisotopic (exact) mass is 260 g/mol. The van der Waals surface area contributed by atoms with Gasteiger partial charge in [0.15, 0.2) is 0 Å². The molecule has 0 unspecified atom stereocenters. The summed E-state index contributed by atoms with van der Waals surface area (Å²) in [4.78, 5) is 2.48. The highest BCUT2D eigenvalue weighted by Gasteiger charge is 2.36. The van der Waals surface area contributed by atoms with Crippen molar-refractivity contribution in [2.45, 2.75) is 57.5 Å². The van der Waals surface area contributed by atoms with Crippen LogP contribution in [0.15, 0.2) is 24.3 Å². The summed E-state index contributed by atoms with van der Waals surface area (Å²) < 4.78 is 0. The molecule has 0 aliphatic heterocycles. The lowest BCUT2D eigenvalue weighted by molar-refractivity contribution is 0.124. The molecule has 0 spiro atoms. The predicted molar refractivity (Wildman–Crippen MR) is 82.3 cm³/mol. The lowest BCUT2D eigenvalue weighted by atomic mass is 9.94. The normalized spacial score (nSPS) is 18.4. The number of nitrogens with two attached hydrogens (primary N) is 1. The fraction of sp³-hybridized carbons (Fsp3) is 0.647. The SMILES string of the molecule is CC(C)c1ccc(CN(C)C2(CN)CCCC2)cc1. The van der Waals surface area contributed by atoms with Crippen LogP contribution in [0.2, 0.25) is 0 Å². The Balaban J connectivity index is 2.03. The van der Waals surface area contributed by atoms with E-state index >= 15 is 0 Å². The van der Waals surface area contributed by atoms with Gasteiger partial charge in [0.25, 0.3) is 0 Å². The first-order valence-corrected chi connectivity index (χ1v) is 7.57. The molecule has 1 fully saturated rings. The highest BCUT2D eigenvalue weighted by Crippen LogP contribution is 2.34. The molecular weight excluding hydrogens is 232 g/mol. The molecule has 0 atom stereocenters. The molecule has 2 N–H and O–H groups in total. The Kier molecular flexibility index (Phi) is 4.64. The van der Waals surface area contributed by atoms with E-state index in [0.717, 1.165) is 13.1 Å². The number of hydrogen-bond donors (Lipinski definition) is 1. The van der Waals surface area contributed by atoms with Crippen LogP contribution < -0.4 is 5.73 Å². The molecule has 1 saturated carbocycles. The van der Waals surface area contributed by atoms with E-state index in [4.69, 9.17) is 5.73 Å². The van der Waals surface area contributed by atoms with Gasteiger partial charge in [-0.2, -0.15) is 0 Å². The van der Waals surface area contributed by atoms with Crippen LogP contribution in [0.3, 0.4) is 0 Å². The van der Waals surface area contributed by atoms with Crippen LogP contribution in [0.5, 0.6) is 0 Å². The highest BCUT2D eigenvalue weighted by atomic mass is 15.2. The van der Waals surface area contributed by atoms with E-state index in [-0.39, 0.29) is 5.54 Å². The van der Waals surface area contributed by atoms with E-state index in [2.05, 4.69) is 50.1 Å². The van der Waals surface area contributed by atoms with Gasteiger partial charge in [-0.05, 0) is 36.9 Å². The summed E-state index contributed by atoms with van der Waals surface area (Å²) >= 11 is 0. The van der Waals surface area contributed by atoms with Gasteiger partial charge in [-0.25, -0.2) is 0 Å². The van der Waals surface area contributed by atoms with Crippen LogP contribution in [0, 0.1) is 0 Å². The standard InChI is InChI=1S/C17H28N2/c1-14(2)16-8-6-15(7-9-16)12-19(3)17(13-18)10-4-5-11-17/h6-9,14H,4-5,10-13,18H2,1-3H3. The Bertz CT molecular complexity index is 388. The molecule has 0 bridgehead atoms. The van der Waals surface area contributed by atoms with Crippen molar-refractivity contribution < 1.29 is 0 Å². The summed E-state index contributed by atoms with van der Waals surface area (Å²) in [5.74, 6) is 0.608. The first kappa shape index (κ1) is 14.5. The van der Waals surface area contributed by atoms with Gasteiger partial charge < -0.3 is 5.73 Å². The quantitative estimate of drug-likeness (QED) is 0.878.